The summed E-state index contributed by atoms with van der Waals surface area (Å²) < 4.78 is 10.4. The Kier molecular flexibility index (Phi) is 8.46. The molecule has 8 atom stereocenters. The van der Waals surface area contributed by atoms with Crippen LogP contribution in [0.5, 0.6) is 0 Å². The highest BCUT2D eigenvalue weighted by Crippen LogP contribution is 2.22. The van der Waals surface area contributed by atoms with Crippen LogP contribution in [0.25, 0.3) is 0 Å². The highest BCUT2D eigenvalue weighted by atomic mass is 16.7. The van der Waals surface area contributed by atoms with Crippen LogP contribution < -0.4 is 5.32 Å². The second-order valence-electron chi connectivity index (χ2n) is 5.79. The van der Waals surface area contributed by atoms with Gasteiger partial charge in [-0.05, 0) is 6.92 Å². The highest BCUT2D eigenvalue weighted by Gasteiger charge is 2.44. The molecule has 24 heavy (non-hydrogen) atoms. The zero-order valence-corrected chi connectivity index (χ0v) is 13.6. The number of aliphatic hydroxyl groups excluding tert-OH is 6. The predicted molar refractivity (Wildman–Crippen MR) is 79.6 cm³/mol. The van der Waals surface area contributed by atoms with E-state index in [-0.39, 0.29) is 18.9 Å². The van der Waals surface area contributed by atoms with E-state index in [4.69, 9.17) is 14.6 Å². The number of rotatable bonds is 8. The van der Waals surface area contributed by atoms with E-state index in [0.717, 1.165) is 0 Å². The molecule has 1 aliphatic rings. The monoisotopic (exact) mass is 353 g/mol. The van der Waals surface area contributed by atoms with Gasteiger partial charge in [0.2, 0.25) is 5.91 Å². The van der Waals surface area contributed by atoms with Gasteiger partial charge in [0.1, 0.15) is 30.5 Å². The second kappa shape index (κ2) is 9.59. The van der Waals surface area contributed by atoms with Crippen LogP contribution in [-0.2, 0) is 14.3 Å². The van der Waals surface area contributed by atoms with Gasteiger partial charge in [0, 0.05) is 6.42 Å². The molecule has 10 heteroatoms. The summed E-state index contributed by atoms with van der Waals surface area (Å²) in [5.41, 5.74) is 0. The van der Waals surface area contributed by atoms with Crippen LogP contribution in [0.3, 0.4) is 0 Å². The summed E-state index contributed by atoms with van der Waals surface area (Å²) in [5.74, 6) is -0.378. The minimum Gasteiger partial charge on any atom is -0.394 e. The Bertz CT molecular complexity index is 392. The van der Waals surface area contributed by atoms with Crippen molar-refractivity contribution in [2.75, 3.05) is 13.2 Å². The van der Waals surface area contributed by atoms with E-state index < -0.39 is 55.6 Å². The van der Waals surface area contributed by atoms with Gasteiger partial charge < -0.3 is 45.4 Å². The average molecular weight is 353 g/mol. The van der Waals surface area contributed by atoms with Gasteiger partial charge in [0.15, 0.2) is 6.29 Å². The fraction of sp³-hybridized carbons (Fsp3) is 0.929. The van der Waals surface area contributed by atoms with Crippen LogP contribution in [0.2, 0.25) is 0 Å². The smallest absolute Gasteiger partial charge is 0.220 e. The summed E-state index contributed by atoms with van der Waals surface area (Å²) in [6, 6.07) is -0.982. The predicted octanol–water partition coefficient (Wildman–Crippen LogP) is -3.56. The Balaban J connectivity index is 2.71. The molecule has 7 N–H and O–H groups in total. The Morgan fingerprint density at radius 3 is 2.33 bits per heavy atom. The van der Waals surface area contributed by atoms with Crippen molar-refractivity contribution in [2.45, 2.75) is 69.2 Å². The zero-order valence-electron chi connectivity index (χ0n) is 13.6. The molecule has 1 rings (SSSR count). The molecule has 0 radical (unpaired) electrons. The molecule has 142 valence electrons. The van der Waals surface area contributed by atoms with Crippen LogP contribution >= 0.6 is 0 Å². The molecule has 0 aromatic rings. The Labute approximate surface area is 139 Å². The topological polar surface area (TPSA) is 169 Å². The lowest BCUT2D eigenvalue weighted by atomic mass is 9.99. The molecule has 10 nitrogen and oxygen atoms in total. The summed E-state index contributed by atoms with van der Waals surface area (Å²) in [7, 11) is 0. The maximum Gasteiger partial charge on any atom is 0.220 e. The van der Waals surface area contributed by atoms with Crippen LogP contribution in [0.4, 0.5) is 0 Å². The first-order valence-corrected chi connectivity index (χ1v) is 7.80. The number of nitrogens with one attached hydrogen (secondary N) is 1. The van der Waals surface area contributed by atoms with Gasteiger partial charge in [-0.15, -0.1) is 0 Å². The second-order valence-corrected chi connectivity index (χ2v) is 5.79. The van der Waals surface area contributed by atoms with E-state index in [1.54, 1.807) is 6.92 Å². The summed E-state index contributed by atoms with van der Waals surface area (Å²) in [6.07, 6.45) is -9.52. The first-order chi connectivity index (χ1) is 11.2. The quantitative estimate of drug-likeness (QED) is 0.233. The van der Waals surface area contributed by atoms with Crippen LogP contribution in [-0.4, -0.2) is 98.7 Å². The van der Waals surface area contributed by atoms with Crippen molar-refractivity contribution in [2.24, 2.45) is 0 Å². The van der Waals surface area contributed by atoms with Crippen molar-refractivity contribution in [3.63, 3.8) is 0 Å². The minimum atomic E-state index is -1.59. The normalized spacial score (nSPS) is 34.4. The fourth-order valence-corrected chi connectivity index (χ4v) is 2.27. The van der Waals surface area contributed by atoms with E-state index >= 15 is 0 Å². The van der Waals surface area contributed by atoms with E-state index in [2.05, 4.69) is 5.32 Å². The van der Waals surface area contributed by atoms with E-state index in [1.807, 2.05) is 0 Å². The number of carbonyl (C=O) groups is 1. The summed E-state index contributed by atoms with van der Waals surface area (Å²) in [6.45, 7) is 2.01. The lowest BCUT2D eigenvalue weighted by Gasteiger charge is -2.40. The highest BCUT2D eigenvalue weighted by molar-refractivity contribution is 5.75. The molecular formula is C14H27NO9. The van der Waals surface area contributed by atoms with E-state index in [0.29, 0.717) is 0 Å². The molecule has 0 spiro atoms. The summed E-state index contributed by atoms with van der Waals surface area (Å²) in [4.78, 5) is 11.5. The molecule has 0 bridgehead atoms. The molecule has 0 saturated carbocycles. The lowest BCUT2D eigenvalue weighted by Crippen LogP contribution is -2.60. The standard InChI is InChI=1S/C14H27NO9/c1-3-9(18)15-7(10(19)6(2)17)5-23-14-13(22)12(21)11(20)8(4-16)24-14/h6-8,10-14,16-17,19-22H,3-5H2,1-2H3,(H,15,18)/t6-,7+,8?,10-,11?,12?,13?,14?/m1/s1. The number of carbonyl (C=O) groups excluding carboxylic acids is 1. The van der Waals surface area contributed by atoms with Gasteiger partial charge in [0.25, 0.3) is 0 Å². The molecule has 1 heterocycles. The fourth-order valence-electron chi connectivity index (χ4n) is 2.27. The van der Waals surface area contributed by atoms with Crippen LogP contribution in [0.15, 0.2) is 0 Å². The molecule has 1 aliphatic heterocycles. The number of amides is 1. The zero-order chi connectivity index (χ0) is 18.4. The van der Waals surface area contributed by atoms with Crippen molar-refractivity contribution in [3.05, 3.63) is 0 Å². The molecule has 1 amide bonds. The van der Waals surface area contributed by atoms with Crippen molar-refractivity contribution in [3.8, 4) is 0 Å². The van der Waals surface area contributed by atoms with Gasteiger partial charge in [-0.25, -0.2) is 0 Å². The first kappa shape index (κ1) is 21.2. The van der Waals surface area contributed by atoms with Crippen molar-refractivity contribution < 1.29 is 44.9 Å². The first-order valence-electron chi connectivity index (χ1n) is 7.80. The van der Waals surface area contributed by atoms with Gasteiger partial charge in [-0.3, -0.25) is 4.79 Å². The molecule has 5 unspecified atom stereocenters. The molecule has 1 fully saturated rings. The molecule has 0 aromatic heterocycles. The molecule has 0 aliphatic carbocycles. The van der Waals surface area contributed by atoms with Crippen LogP contribution in [0.1, 0.15) is 20.3 Å². The third-order valence-electron chi connectivity index (χ3n) is 3.86. The molecule has 1 saturated heterocycles. The molecule has 0 aromatic carbocycles. The Morgan fingerprint density at radius 1 is 1.21 bits per heavy atom. The lowest BCUT2D eigenvalue weighted by molar-refractivity contribution is -0.303. The SMILES string of the molecule is CCC(=O)N[C@@H](COC1OC(CO)C(O)C(O)C1O)[C@H](O)[C@@H](C)O. The van der Waals surface area contributed by atoms with Crippen molar-refractivity contribution in [1.29, 1.82) is 0 Å². The average Bonchev–Trinajstić information content (AvgIpc) is 2.56. The van der Waals surface area contributed by atoms with Crippen molar-refractivity contribution >= 4 is 5.91 Å². The minimum absolute atomic E-state index is 0.156. The number of ether oxygens (including phenoxy) is 2. The van der Waals surface area contributed by atoms with Crippen LogP contribution in [0, 0.1) is 0 Å². The Hall–Kier alpha value is -0.850. The van der Waals surface area contributed by atoms with Gasteiger partial charge >= 0.3 is 0 Å². The maximum atomic E-state index is 11.5. The van der Waals surface area contributed by atoms with Gasteiger partial charge in [-0.2, -0.15) is 0 Å². The third kappa shape index (κ3) is 5.33. The third-order valence-corrected chi connectivity index (χ3v) is 3.86. The largest absolute Gasteiger partial charge is 0.394 e. The molecular weight excluding hydrogens is 326 g/mol. The summed E-state index contributed by atoms with van der Waals surface area (Å²) >= 11 is 0. The van der Waals surface area contributed by atoms with Crippen molar-refractivity contribution in [1.82, 2.24) is 5.32 Å². The number of aliphatic hydroxyl groups is 6. The van der Waals surface area contributed by atoms with E-state index in [1.165, 1.54) is 6.92 Å². The van der Waals surface area contributed by atoms with E-state index in [9.17, 15) is 30.3 Å². The number of hydrogen-bond donors (Lipinski definition) is 7. The Morgan fingerprint density at radius 2 is 1.83 bits per heavy atom. The summed E-state index contributed by atoms with van der Waals surface area (Å²) in [5, 5.41) is 60.2. The maximum absolute atomic E-state index is 11.5. The van der Waals surface area contributed by atoms with Gasteiger partial charge in [0.05, 0.1) is 25.4 Å². The van der Waals surface area contributed by atoms with Gasteiger partial charge in [-0.1, -0.05) is 6.92 Å². The number of hydrogen-bond acceptors (Lipinski definition) is 9.